The van der Waals surface area contributed by atoms with Gasteiger partial charge in [-0.2, -0.15) is 4.68 Å². The molecule has 0 spiro atoms. The van der Waals surface area contributed by atoms with E-state index >= 15 is 0 Å². The molecule has 0 aliphatic heterocycles. The Hall–Kier alpha value is -1.14. The van der Waals surface area contributed by atoms with Crippen LogP contribution in [0.4, 0.5) is 0 Å². The predicted molar refractivity (Wildman–Crippen MR) is 63.0 cm³/mol. The van der Waals surface area contributed by atoms with Crippen LogP contribution in [0.25, 0.3) is 5.69 Å². The van der Waals surface area contributed by atoms with E-state index in [9.17, 15) is 0 Å². The fourth-order valence-corrected chi connectivity index (χ4v) is 1.82. The van der Waals surface area contributed by atoms with Crippen LogP contribution in [0.3, 0.4) is 0 Å². The SMILES string of the molecule is COc1ccc(Br)cc1-n1nnnc1CCl. The van der Waals surface area contributed by atoms with E-state index < -0.39 is 0 Å². The molecule has 1 heterocycles. The molecule has 0 fully saturated rings. The first-order chi connectivity index (χ1) is 7.76. The van der Waals surface area contributed by atoms with E-state index in [1.54, 1.807) is 11.8 Å². The lowest BCUT2D eigenvalue weighted by Gasteiger charge is -2.08. The van der Waals surface area contributed by atoms with Crippen LogP contribution in [-0.2, 0) is 5.88 Å². The van der Waals surface area contributed by atoms with E-state index in [0.29, 0.717) is 11.6 Å². The molecule has 7 heteroatoms. The quantitative estimate of drug-likeness (QED) is 0.816. The summed E-state index contributed by atoms with van der Waals surface area (Å²) >= 11 is 9.13. The van der Waals surface area contributed by atoms with E-state index in [4.69, 9.17) is 16.3 Å². The molecule has 0 aliphatic rings. The second-order valence-electron chi connectivity index (χ2n) is 2.96. The van der Waals surface area contributed by atoms with Crippen molar-refractivity contribution >= 4 is 27.5 Å². The molecular formula is C9H8BrClN4O. The Morgan fingerprint density at radius 2 is 2.31 bits per heavy atom. The first-order valence-corrected chi connectivity index (χ1v) is 5.76. The minimum atomic E-state index is 0.239. The number of benzene rings is 1. The van der Waals surface area contributed by atoms with Crippen LogP contribution in [0.2, 0.25) is 0 Å². The second kappa shape index (κ2) is 4.80. The highest BCUT2D eigenvalue weighted by atomic mass is 79.9. The summed E-state index contributed by atoms with van der Waals surface area (Å²) in [5.74, 6) is 1.49. The number of nitrogens with zero attached hydrogens (tertiary/aromatic N) is 4. The molecule has 5 nitrogen and oxygen atoms in total. The Morgan fingerprint density at radius 1 is 1.50 bits per heavy atom. The average molecular weight is 304 g/mol. The van der Waals surface area contributed by atoms with Crippen LogP contribution in [0.5, 0.6) is 5.75 Å². The summed E-state index contributed by atoms with van der Waals surface area (Å²) in [6.45, 7) is 0. The molecule has 0 unspecified atom stereocenters. The molecular weight excluding hydrogens is 295 g/mol. The zero-order valence-electron chi connectivity index (χ0n) is 8.39. The van der Waals surface area contributed by atoms with Crippen LogP contribution in [0.1, 0.15) is 5.82 Å². The molecule has 0 saturated heterocycles. The normalized spacial score (nSPS) is 10.4. The van der Waals surface area contributed by atoms with E-state index in [1.807, 2.05) is 18.2 Å². The summed E-state index contributed by atoms with van der Waals surface area (Å²) in [5.41, 5.74) is 0.748. The minimum Gasteiger partial charge on any atom is -0.494 e. The predicted octanol–water partition coefficient (Wildman–Crippen LogP) is 2.17. The Morgan fingerprint density at radius 3 is 3.00 bits per heavy atom. The molecule has 2 rings (SSSR count). The largest absolute Gasteiger partial charge is 0.494 e. The Balaban J connectivity index is 2.58. The van der Waals surface area contributed by atoms with Crippen molar-refractivity contribution in [3.8, 4) is 11.4 Å². The van der Waals surface area contributed by atoms with Gasteiger partial charge >= 0.3 is 0 Å². The lowest BCUT2D eigenvalue weighted by molar-refractivity contribution is 0.411. The third kappa shape index (κ3) is 2.03. The summed E-state index contributed by atoms with van der Waals surface area (Å²) in [6, 6.07) is 5.58. The lowest BCUT2D eigenvalue weighted by atomic mass is 10.3. The van der Waals surface area contributed by atoms with E-state index in [2.05, 4.69) is 31.5 Å². The maximum atomic E-state index is 5.74. The number of alkyl halides is 1. The van der Waals surface area contributed by atoms with Gasteiger partial charge in [-0.25, -0.2) is 0 Å². The molecule has 0 atom stereocenters. The number of hydrogen-bond acceptors (Lipinski definition) is 4. The fraction of sp³-hybridized carbons (Fsp3) is 0.222. The fourth-order valence-electron chi connectivity index (χ4n) is 1.30. The molecule has 16 heavy (non-hydrogen) atoms. The zero-order valence-corrected chi connectivity index (χ0v) is 10.7. The third-order valence-electron chi connectivity index (χ3n) is 2.02. The van der Waals surface area contributed by atoms with Crippen molar-refractivity contribution in [1.82, 2.24) is 20.2 Å². The number of ether oxygens (including phenoxy) is 1. The molecule has 0 bridgehead atoms. The topological polar surface area (TPSA) is 52.8 Å². The highest BCUT2D eigenvalue weighted by Crippen LogP contribution is 2.26. The van der Waals surface area contributed by atoms with Gasteiger partial charge in [0.2, 0.25) is 0 Å². The van der Waals surface area contributed by atoms with E-state index in [1.165, 1.54) is 0 Å². The molecule has 0 aliphatic carbocycles. The molecule has 84 valence electrons. The van der Waals surface area contributed by atoms with Crippen molar-refractivity contribution in [2.24, 2.45) is 0 Å². The van der Waals surface area contributed by atoms with Gasteiger partial charge in [-0.15, -0.1) is 16.7 Å². The van der Waals surface area contributed by atoms with Gasteiger partial charge in [0.05, 0.1) is 13.0 Å². The molecule has 0 N–H and O–H groups in total. The van der Waals surface area contributed by atoms with Crippen molar-refractivity contribution in [3.05, 3.63) is 28.5 Å². The molecule has 0 saturated carbocycles. The molecule has 0 radical (unpaired) electrons. The van der Waals surface area contributed by atoms with Gasteiger partial charge in [0, 0.05) is 4.47 Å². The minimum absolute atomic E-state index is 0.239. The van der Waals surface area contributed by atoms with Crippen LogP contribution in [0, 0.1) is 0 Å². The number of halogens is 2. The second-order valence-corrected chi connectivity index (χ2v) is 4.14. The van der Waals surface area contributed by atoms with Crippen molar-refractivity contribution in [2.75, 3.05) is 7.11 Å². The monoisotopic (exact) mass is 302 g/mol. The van der Waals surface area contributed by atoms with Gasteiger partial charge in [-0.05, 0) is 28.6 Å². The Labute approximate surface area is 105 Å². The maximum absolute atomic E-state index is 5.74. The summed E-state index contributed by atoms with van der Waals surface area (Å²) < 4.78 is 7.71. The van der Waals surface area contributed by atoms with Crippen molar-refractivity contribution in [1.29, 1.82) is 0 Å². The van der Waals surface area contributed by atoms with Gasteiger partial charge in [0.25, 0.3) is 0 Å². The summed E-state index contributed by atoms with van der Waals surface area (Å²) in [6.07, 6.45) is 0. The van der Waals surface area contributed by atoms with Crippen LogP contribution < -0.4 is 4.74 Å². The lowest BCUT2D eigenvalue weighted by Crippen LogP contribution is -2.03. The smallest absolute Gasteiger partial charge is 0.171 e. The first-order valence-electron chi connectivity index (χ1n) is 4.43. The zero-order chi connectivity index (χ0) is 11.5. The molecule has 1 aromatic carbocycles. The van der Waals surface area contributed by atoms with Crippen molar-refractivity contribution in [2.45, 2.75) is 5.88 Å². The van der Waals surface area contributed by atoms with Crippen molar-refractivity contribution in [3.63, 3.8) is 0 Å². The molecule has 0 amide bonds. The van der Waals surface area contributed by atoms with E-state index in [0.717, 1.165) is 10.2 Å². The highest BCUT2D eigenvalue weighted by molar-refractivity contribution is 9.10. The number of hydrogen-bond donors (Lipinski definition) is 0. The van der Waals surface area contributed by atoms with Gasteiger partial charge in [-0.1, -0.05) is 15.9 Å². The van der Waals surface area contributed by atoms with E-state index in [-0.39, 0.29) is 5.88 Å². The summed E-state index contributed by atoms with van der Waals surface area (Å²) in [5, 5.41) is 11.3. The molecule has 1 aromatic heterocycles. The third-order valence-corrected chi connectivity index (χ3v) is 2.75. The standard InChI is InChI=1S/C9H8BrClN4O/c1-16-8-3-2-6(10)4-7(8)15-9(5-11)12-13-14-15/h2-4H,5H2,1H3. The Kier molecular flexibility index (Phi) is 3.40. The van der Waals surface area contributed by atoms with Gasteiger partial charge in [0.1, 0.15) is 11.4 Å². The number of tetrazole rings is 1. The number of aromatic nitrogens is 4. The van der Waals surface area contributed by atoms with Gasteiger partial charge in [-0.3, -0.25) is 0 Å². The average Bonchev–Trinajstić information content (AvgIpc) is 2.76. The number of methoxy groups -OCH3 is 1. The highest BCUT2D eigenvalue weighted by Gasteiger charge is 2.12. The number of rotatable bonds is 3. The van der Waals surface area contributed by atoms with Crippen LogP contribution in [0.15, 0.2) is 22.7 Å². The van der Waals surface area contributed by atoms with Crippen LogP contribution >= 0.6 is 27.5 Å². The maximum Gasteiger partial charge on any atom is 0.171 e. The summed E-state index contributed by atoms with van der Waals surface area (Å²) in [4.78, 5) is 0. The summed E-state index contributed by atoms with van der Waals surface area (Å²) in [7, 11) is 1.59. The first kappa shape index (κ1) is 11.3. The Bertz CT molecular complexity index is 502. The van der Waals surface area contributed by atoms with Gasteiger partial charge in [0.15, 0.2) is 5.82 Å². The van der Waals surface area contributed by atoms with Crippen LogP contribution in [-0.4, -0.2) is 27.3 Å². The van der Waals surface area contributed by atoms with Gasteiger partial charge < -0.3 is 4.74 Å². The van der Waals surface area contributed by atoms with Crippen molar-refractivity contribution < 1.29 is 4.74 Å². The molecule has 2 aromatic rings.